The zero-order valence-electron chi connectivity index (χ0n) is 18.9. The maximum absolute atomic E-state index is 12.3. The van der Waals surface area contributed by atoms with E-state index < -0.39 is 24.0 Å². The van der Waals surface area contributed by atoms with Gasteiger partial charge in [0.15, 0.2) is 0 Å². The van der Waals surface area contributed by atoms with Crippen LogP contribution in [0, 0.1) is 23.7 Å². The highest BCUT2D eigenvalue weighted by molar-refractivity contribution is 5.97. The van der Waals surface area contributed by atoms with Crippen LogP contribution in [0.25, 0.3) is 0 Å². The normalized spacial score (nSPS) is 15.0. The average molecular weight is 462 g/mol. The van der Waals surface area contributed by atoms with Crippen molar-refractivity contribution in [2.75, 3.05) is 26.3 Å². The molecule has 3 rings (SSSR count). The van der Waals surface area contributed by atoms with Gasteiger partial charge in [-0.1, -0.05) is 24.0 Å². The third-order valence-electron chi connectivity index (χ3n) is 5.25. The molecular formula is C26H27N3O5. The third kappa shape index (κ3) is 7.45. The Kier molecular flexibility index (Phi) is 9.21. The largest absolute Gasteiger partial charge is 0.391 e. The van der Waals surface area contributed by atoms with E-state index in [0.29, 0.717) is 5.56 Å². The van der Waals surface area contributed by atoms with E-state index in [1.807, 2.05) is 12.1 Å². The van der Waals surface area contributed by atoms with Crippen LogP contribution in [-0.2, 0) is 16.1 Å². The van der Waals surface area contributed by atoms with E-state index in [-0.39, 0.29) is 5.56 Å². The first-order valence-corrected chi connectivity index (χ1v) is 10.9. The molecule has 1 heterocycles. The number of morpholine rings is 1. The molecule has 1 unspecified atom stereocenters. The van der Waals surface area contributed by atoms with E-state index in [1.165, 1.54) is 18.0 Å². The predicted molar refractivity (Wildman–Crippen MR) is 126 cm³/mol. The van der Waals surface area contributed by atoms with Crippen molar-refractivity contribution in [3.8, 4) is 23.7 Å². The Morgan fingerprint density at radius 1 is 1.00 bits per heavy atom. The molecule has 0 bridgehead atoms. The van der Waals surface area contributed by atoms with Crippen molar-refractivity contribution < 1.29 is 24.6 Å². The molecule has 34 heavy (non-hydrogen) atoms. The number of hydrogen-bond acceptors (Lipinski definition) is 6. The summed E-state index contributed by atoms with van der Waals surface area (Å²) in [5.74, 6) is 10.1. The number of hydrogen-bond donors (Lipinski definition) is 4. The van der Waals surface area contributed by atoms with Crippen molar-refractivity contribution in [2.45, 2.75) is 25.6 Å². The van der Waals surface area contributed by atoms with Crippen molar-refractivity contribution in [1.82, 2.24) is 15.7 Å². The summed E-state index contributed by atoms with van der Waals surface area (Å²) >= 11 is 0. The SMILES string of the molecule is C[C@@H](O)C(NC(=O)c1ccc(C#CC#Cc2ccc(CN3CCOCC3)cc2)cc1)C(=O)NO. The molecule has 1 fully saturated rings. The first-order valence-electron chi connectivity index (χ1n) is 10.9. The standard InChI is InChI=1S/C26H27N3O5/c1-19(30)24(26(32)28-33)27-25(31)23-12-10-21(11-13-23)5-3-2-4-20-6-8-22(9-7-20)18-29-14-16-34-17-15-29/h6-13,19,24,30,33H,14-18H2,1H3,(H,27,31)(H,28,32)/t19-,24?/m1/s1. The van der Waals surface area contributed by atoms with Crippen LogP contribution in [0.1, 0.15) is 34.0 Å². The molecule has 4 N–H and O–H groups in total. The zero-order chi connectivity index (χ0) is 24.3. The highest BCUT2D eigenvalue weighted by Crippen LogP contribution is 2.09. The van der Waals surface area contributed by atoms with Crippen molar-refractivity contribution in [3.05, 3.63) is 70.8 Å². The Hall–Kier alpha value is -3.66. The molecule has 1 saturated heterocycles. The lowest BCUT2D eigenvalue weighted by molar-refractivity contribution is -0.133. The Morgan fingerprint density at radius 3 is 2.09 bits per heavy atom. The molecule has 2 amide bonds. The van der Waals surface area contributed by atoms with E-state index in [2.05, 4.69) is 46.0 Å². The third-order valence-corrected chi connectivity index (χ3v) is 5.25. The fourth-order valence-corrected chi connectivity index (χ4v) is 3.32. The number of nitrogens with one attached hydrogen (secondary N) is 2. The quantitative estimate of drug-likeness (QED) is 0.289. The molecule has 2 aromatic carbocycles. The zero-order valence-corrected chi connectivity index (χ0v) is 18.9. The van der Waals surface area contributed by atoms with Gasteiger partial charge in [-0.25, -0.2) is 5.48 Å². The summed E-state index contributed by atoms with van der Waals surface area (Å²) in [7, 11) is 0. The fraction of sp³-hybridized carbons (Fsp3) is 0.308. The van der Waals surface area contributed by atoms with Crippen LogP contribution in [0.5, 0.6) is 0 Å². The fourth-order valence-electron chi connectivity index (χ4n) is 3.32. The second kappa shape index (κ2) is 12.5. The van der Waals surface area contributed by atoms with Gasteiger partial charge in [0.05, 0.1) is 19.3 Å². The molecule has 0 spiro atoms. The van der Waals surface area contributed by atoms with Crippen molar-refractivity contribution in [1.29, 1.82) is 0 Å². The van der Waals surface area contributed by atoms with Crippen LogP contribution >= 0.6 is 0 Å². The van der Waals surface area contributed by atoms with Crippen LogP contribution in [0.3, 0.4) is 0 Å². The minimum atomic E-state index is -1.28. The number of rotatable bonds is 6. The summed E-state index contributed by atoms with van der Waals surface area (Å²) in [5.41, 5.74) is 4.49. The van der Waals surface area contributed by atoms with Gasteiger partial charge in [-0.15, -0.1) is 0 Å². The molecule has 2 atom stereocenters. The van der Waals surface area contributed by atoms with Gasteiger partial charge in [0.1, 0.15) is 6.04 Å². The molecule has 2 aromatic rings. The summed E-state index contributed by atoms with van der Waals surface area (Å²) in [6.07, 6.45) is -1.18. The molecule has 0 aromatic heterocycles. The number of aliphatic hydroxyl groups is 1. The van der Waals surface area contributed by atoms with Gasteiger partial charge in [0.25, 0.3) is 11.8 Å². The van der Waals surface area contributed by atoms with Crippen molar-refractivity contribution in [2.24, 2.45) is 0 Å². The summed E-state index contributed by atoms with van der Waals surface area (Å²) in [6, 6.07) is 13.3. The first-order chi connectivity index (χ1) is 16.5. The number of carbonyl (C=O) groups excluding carboxylic acids is 2. The van der Waals surface area contributed by atoms with Gasteiger partial charge in [-0.3, -0.25) is 19.7 Å². The Bertz CT molecular complexity index is 1100. The van der Waals surface area contributed by atoms with Gasteiger partial charge in [0, 0.05) is 36.3 Å². The maximum Gasteiger partial charge on any atom is 0.268 e. The molecule has 1 aliphatic heterocycles. The van der Waals surface area contributed by atoms with Crippen LogP contribution in [-0.4, -0.2) is 65.5 Å². The Balaban J connectivity index is 1.55. The molecule has 0 aliphatic carbocycles. The molecule has 176 valence electrons. The Labute approximate surface area is 198 Å². The van der Waals surface area contributed by atoms with Crippen molar-refractivity contribution >= 4 is 11.8 Å². The monoisotopic (exact) mass is 461 g/mol. The lowest BCUT2D eigenvalue weighted by atomic mass is 10.1. The molecule has 0 radical (unpaired) electrons. The van der Waals surface area contributed by atoms with Gasteiger partial charge in [0.2, 0.25) is 0 Å². The summed E-state index contributed by atoms with van der Waals surface area (Å²) in [5, 5.41) is 20.7. The van der Waals surface area contributed by atoms with Crippen molar-refractivity contribution in [3.63, 3.8) is 0 Å². The number of nitrogens with zero attached hydrogens (tertiary/aromatic N) is 1. The van der Waals surface area contributed by atoms with Crippen LogP contribution < -0.4 is 10.8 Å². The lowest BCUT2D eigenvalue weighted by Gasteiger charge is -2.26. The van der Waals surface area contributed by atoms with Gasteiger partial charge in [-0.2, -0.15) is 0 Å². The number of ether oxygens (including phenoxy) is 1. The molecule has 8 heteroatoms. The highest BCUT2D eigenvalue weighted by atomic mass is 16.5. The number of amides is 2. The number of aliphatic hydroxyl groups excluding tert-OH is 1. The van der Waals surface area contributed by atoms with Gasteiger partial charge < -0.3 is 15.2 Å². The highest BCUT2D eigenvalue weighted by Gasteiger charge is 2.25. The first kappa shape index (κ1) is 25.0. The van der Waals surface area contributed by atoms with E-state index in [1.54, 1.807) is 24.3 Å². The second-order valence-electron chi connectivity index (χ2n) is 7.83. The Morgan fingerprint density at radius 2 is 1.56 bits per heavy atom. The summed E-state index contributed by atoms with van der Waals surface area (Å²) in [6.45, 7) is 5.70. The number of benzene rings is 2. The second-order valence-corrected chi connectivity index (χ2v) is 7.83. The molecular weight excluding hydrogens is 434 g/mol. The van der Waals surface area contributed by atoms with Crippen LogP contribution in [0.15, 0.2) is 48.5 Å². The van der Waals surface area contributed by atoms with E-state index in [9.17, 15) is 14.7 Å². The van der Waals surface area contributed by atoms with Gasteiger partial charge in [-0.05, 0) is 60.7 Å². The minimum Gasteiger partial charge on any atom is -0.391 e. The maximum atomic E-state index is 12.3. The lowest BCUT2D eigenvalue weighted by Crippen LogP contribution is -2.51. The topological polar surface area (TPSA) is 111 Å². The number of carbonyl (C=O) groups is 2. The van der Waals surface area contributed by atoms with Gasteiger partial charge >= 0.3 is 0 Å². The molecule has 8 nitrogen and oxygen atoms in total. The smallest absolute Gasteiger partial charge is 0.268 e. The predicted octanol–water partition coefficient (Wildman–Crippen LogP) is 0.907. The van der Waals surface area contributed by atoms with Crippen LogP contribution in [0.2, 0.25) is 0 Å². The van der Waals surface area contributed by atoms with Crippen LogP contribution in [0.4, 0.5) is 0 Å². The molecule has 1 aliphatic rings. The minimum absolute atomic E-state index is 0.283. The van der Waals surface area contributed by atoms with E-state index in [4.69, 9.17) is 9.94 Å². The van der Waals surface area contributed by atoms with E-state index >= 15 is 0 Å². The average Bonchev–Trinajstić information content (AvgIpc) is 2.86. The number of hydroxylamine groups is 1. The molecule has 0 saturated carbocycles. The van der Waals surface area contributed by atoms with E-state index in [0.717, 1.165) is 38.4 Å². The summed E-state index contributed by atoms with van der Waals surface area (Å²) < 4.78 is 5.37. The summed E-state index contributed by atoms with van der Waals surface area (Å²) in [4.78, 5) is 26.2.